The molecule has 0 aliphatic carbocycles. The van der Waals surface area contributed by atoms with Crippen LogP contribution in [0.3, 0.4) is 0 Å². The van der Waals surface area contributed by atoms with Crippen molar-refractivity contribution in [2.24, 2.45) is 4.99 Å². The van der Waals surface area contributed by atoms with Gasteiger partial charge in [-0.3, -0.25) is 9.89 Å². The fourth-order valence-corrected chi connectivity index (χ4v) is 5.12. The second kappa shape index (κ2) is 12.5. The second-order valence-electron chi connectivity index (χ2n) is 10.4. The molecule has 0 amide bonds. The van der Waals surface area contributed by atoms with Crippen LogP contribution in [0.2, 0.25) is 0 Å². The lowest BCUT2D eigenvalue weighted by molar-refractivity contribution is 0.122. The molecule has 0 saturated carbocycles. The van der Waals surface area contributed by atoms with E-state index in [1.54, 1.807) is 0 Å². The molecule has 35 heavy (non-hydrogen) atoms. The molecular weight excluding hydrogens is 432 g/mol. The van der Waals surface area contributed by atoms with Crippen molar-refractivity contribution in [1.82, 2.24) is 20.0 Å². The van der Waals surface area contributed by atoms with E-state index in [4.69, 9.17) is 4.99 Å². The van der Waals surface area contributed by atoms with Crippen LogP contribution in [0, 0.1) is 0 Å². The zero-order chi connectivity index (χ0) is 24.6. The Morgan fingerprint density at radius 3 is 2.40 bits per heavy atom. The van der Waals surface area contributed by atoms with E-state index >= 15 is 0 Å². The summed E-state index contributed by atoms with van der Waals surface area (Å²) in [5, 5.41) is 3.77. The second-order valence-corrected chi connectivity index (χ2v) is 10.4. The van der Waals surface area contributed by atoms with Gasteiger partial charge < -0.3 is 20.0 Å². The Kier molecular flexibility index (Phi) is 9.18. The molecule has 2 aliphatic heterocycles. The fourth-order valence-electron chi connectivity index (χ4n) is 5.12. The molecule has 4 rings (SSSR count). The van der Waals surface area contributed by atoms with Crippen LogP contribution in [-0.2, 0) is 0 Å². The van der Waals surface area contributed by atoms with Gasteiger partial charge >= 0.3 is 0 Å². The summed E-state index contributed by atoms with van der Waals surface area (Å²) >= 11 is 0. The van der Waals surface area contributed by atoms with Crippen LogP contribution in [-0.4, -0.2) is 100 Å². The fraction of sp³-hybridized carbons (Fsp3) is 0.552. The predicted molar refractivity (Wildman–Crippen MR) is 149 cm³/mol. The first kappa shape index (κ1) is 25.7. The molecule has 0 bridgehead atoms. The highest BCUT2D eigenvalue weighted by Gasteiger charge is 2.29. The van der Waals surface area contributed by atoms with E-state index in [2.05, 4.69) is 108 Å². The molecule has 2 atom stereocenters. The van der Waals surface area contributed by atoms with Crippen molar-refractivity contribution in [3.8, 4) is 0 Å². The smallest absolute Gasteiger partial charge is 0.132 e. The van der Waals surface area contributed by atoms with Gasteiger partial charge in [-0.2, -0.15) is 0 Å². The van der Waals surface area contributed by atoms with Gasteiger partial charge in [0.1, 0.15) is 12.0 Å². The third kappa shape index (κ3) is 7.06. The van der Waals surface area contributed by atoms with Gasteiger partial charge in [0.2, 0.25) is 0 Å². The van der Waals surface area contributed by atoms with Crippen LogP contribution in [0.25, 0.3) is 0 Å². The van der Waals surface area contributed by atoms with Gasteiger partial charge in [0, 0.05) is 57.6 Å². The molecule has 0 spiro atoms. The first-order chi connectivity index (χ1) is 17.0. The molecule has 6 nitrogen and oxygen atoms in total. The highest BCUT2D eigenvalue weighted by molar-refractivity contribution is 6.05. The maximum atomic E-state index is 4.98. The number of aliphatic imine (C=N–C) groups is 1. The Labute approximate surface area is 212 Å². The van der Waals surface area contributed by atoms with Crippen LogP contribution >= 0.6 is 0 Å². The highest BCUT2D eigenvalue weighted by atomic mass is 15.3. The molecule has 2 aromatic carbocycles. The number of para-hydroxylation sites is 1. The number of anilines is 1. The van der Waals surface area contributed by atoms with E-state index in [1.807, 2.05) is 0 Å². The Morgan fingerprint density at radius 1 is 0.971 bits per heavy atom. The number of hydrogen-bond acceptors (Lipinski definition) is 5. The number of fused-ring (bicyclic) bond motifs is 1. The summed E-state index contributed by atoms with van der Waals surface area (Å²) in [5.74, 6) is 1.67. The van der Waals surface area contributed by atoms with Gasteiger partial charge in [-0.1, -0.05) is 49.4 Å². The molecule has 2 unspecified atom stereocenters. The molecule has 1 saturated heterocycles. The Balaban J connectivity index is 1.29. The molecule has 0 radical (unpaired) electrons. The predicted octanol–water partition coefficient (Wildman–Crippen LogP) is 3.56. The molecule has 6 heteroatoms. The van der Waals surface area contributed by atoms with Crippen LogP contribution in [0.15, 0.2) is 59.6 Å². The Bertz CT molecular complexity index is 935. The molecule has 2 aromatic rings. The summed E-state index contributed by atoms with van der Waals surface area (Å²) < 4.78 is 0. The number of nitrogens with one attached hydrogen (secondary N) is 1. The van der Waals surface area contributed by atoms with Gasteiger partial charge in [0.25, 0.3) is 0 Å². The topological polar surface area (TPSA) is 37.4 Å². The standard InChI is InChI=1S/C29H44N6/c1-24(25-11-6-5-7-12-25)15-18-34-19-21-35(22-20-34)23-28-31-29(30-16-10-17-32(2)3)26-13-8-9-14-27(26)33(28)4/h5-9,11-14,24,28H,10,15-23H2,1-4H3,(H,30,31). The zero-order valence-corrected chi connectivity index (χ0v) is 22.2. The van der Waals surface area contributed by atoms with E-state index < -0.39 is 0 Å². The lowest BCUT2D eigenvalue weighted by atomic mass is 9.97. The van der Waals surface area contributed by atoms with Crippen molar-refractivity contribution < 1.29 is 0 Å². The molecule has 2 aliphatic rings. The van der Waals surface area contributed by atoms with Crippen molar-refractivity contribution in [1.29, 1.82) is 0 Å². The van der Waals surface area contributed by atoms with Crippen molar-refractivity contribution in [2.45, 2.75) is 31.8 Å². The third-order valence-corrected chi connectivity index (χ3v) is 7.49. The van der Waals surface area contributed by atoms with Gasteiger partial charge in [-0.05, 0) is 63.6 Å². The molecule has 190 valence electrons. The number of piperazine rings is 1. The minimum Gasteiger partial charge on any atom is -0.353 e. The largest absolute Gasteiger partial charge is 0.353 e. The summed E-state index contributed by atoms with van der Waals surface area (Å²) in [5.41, 5.74) is 3.95. The molecule has 0 aromatic heterocycles. The summed E-state index contributed by atoms with van der Waals surface area (Å²) in [6.07, 6.45) is 2.54. The molecule has 1 N–H and O–H groups in total. The van der Waals surface area contributed by atoms with E-state index in [-0.39, 0.29) is 6.17 Å². The summed E-state index contributed by atoms with van der Waals surface area (Å²) in [7, 11) is 6.45. The maximum absolute atomic E-state index is 4.98. The third-order valence-electron chi connectivity index (χ3n) is 7.49. The highest BCUT2D eigenvalue weighted by Crippen LogP contribution is 2.26. The van der Waals surface area contributed by atoms with Crippen LogP contribution in [0.5, 0.6) is 0 Å². The van der Waals surface area contributed by atoms with Crippen molar-refractivity contribution in [3.05, 3.63) is 65.7 Å². The number of likely N-dealkylation sites (N-methyl/N-ethyl adjacent to an activating group) is 1. The van der Waals surface area contributed by atoms with Crippen molar-refractivity contribution in [3.63, 3.8) is 0 Å². The number of amidine groups is 1. The van der Waals surface area contributed by atoms with Gasteiger partial charge in [0.15, 0.2) is 0 Å². The van der Waals surface area contributed by atoms with Crippen LogP contribution in [0.1, 0.15) is 36.8 Å². The normalized spacial score (nSPS) is 21.2. The zero-order valence-electron chi connectivity index (χ0n) is 22.2. The SMILES string of the molecule is CC(CCN1CCN(CC2NC(=NCCCN(C)C)c3ccccc3N2C)CC1)c1ccccc1. The average Bonchev–Trinajstić information content (AvgIpc) is 2.88. The number of hydrogen-bond donors (Lipinski definition) is 1. The maximum Gasteiger partial charge on any atom is 0.132 e. The molecule has 2 heterocycles. The Hall–Kier alpha value is -2.41. The van der Waals surface area contributed by atoms with Crippen molar-refractivity contribution in [2.75, 3.05) is 78.4 Å². The number of benzene rings is 2. The minimum absolute atomic E-state index is 0.238. The van der Waals surface area contributed by atoms with Gasteiger partial charge in [-0.25, -0.2) is 0 Å². The van der Waals surface area contributed by atoms with E-state index in [1.165, 1.54) is 29.8 Å². The quantitative estimate of drug-likeness (QED) is 0.531. The van der Waals surface area contributed by atoms with E-state index in [0.717, 1.165) is 58.1 Å². The van der Waals surface area contributed by atoms with E-state index in [0.29, 0.717) is 5.92 Å². The van der Waals surface area contributed by atoms with Gasteiger partial charge in [0.05, 0.1) is 0 Å². The van der Waals surface area contributed by atoms with Gasteiger partial charge in [-0.15, -0.1) is 0 Å². The van der Waals surface area contributed by atoms with Crippen LogP contribution in [0.4, 0.5) is 5.69 Å². The van der Waals surface area contributed by atoms with Crippen molar-refractivity contribution >= 4 is 11.5 Å². The lowest BCUT2D eigenvalue weighted by Crippen LogP contribution is -2.59. The van der Waals surface area contributed by atoms with E-state index in [9.17, 15) is 0 Å². The van der Waals surface area contributed by atoms with Crippen LogP contribution < -0.4 is 10.2 Å². The minimum atomic E-state index is 0.238. The molecule has 1 fully saturated rings. The Morgan fingerprint density at radius 2 is 1.66 bits per heavy atom. The monoisotopic (exact) mass is 476 g/mol. The average molecular weight is 477 g/mol. The summed E-state index contributed by atoms with van der Waals surface area (Å²) in [6, 6.07) is 19.6. The number of rotatable bonds is 10. The summed E-state index contributed by atoms with van der Waals surface area (Å²) in [6.45, 7) is 11.0. The lowest BCUT2D eigenvalue weighted by Gasteiger charge is -2.42. The first-order valence-corrected chi connectivity index (χ1v) is 13.3. The number of nitrogens with zero attached hydrogens (tertiary/aromatic N) is 5. The molecular formula is C29H44N6. The summed E-state index contributed by atoms with van der Waals surface area (Å²) in [4.78, 5) is 14.8. The first-order valence-electron chi connectivity index (χ1n) is 13.3.